The molecule has 1 fully saturated rings. The molecule has 0 radical (unpaired) electrons. The first-order chi connectivity index (χ1) is 12.7. The number of likely N-dealkylation sites (tertiary alicyclic amines) is 1. The molecule has 142 valence electrons. The molecule has 1 saturated heterocycles. The molecular weight excluding hydrogens is 332 g/mol. The summed E-state index contributed by atoms with van der Waals surface area (Å²) in [5.74, 6) is -0.0170. The molecule has 1 aromatic rings. The van der Waals surface area contributed by atoms with Crippen LogP contribution in [0, 0.1) is 0 Å². The van der Waals surface area contributed by atoms with E-state index >= 15 is 0 Å². The summed E-state index contributed by atoms with van der Waals surface area (Å²) in [7, 11) is 0. The lowest BCUT2D eigenvalue weighted by Crippen LogP contribution is -2.42. The maximum atomic E-state index is 12.0. The third-order valence-electron chi connectivity index (χ3n) is 4.88. The molecule has 2 aliphatic rings. The summed E-state index contributed by atoms with van der Waals surface area (Å²) in [5.41, 5.74) is 3.24. The van der Waals surface area contributed by atoms with Crippen molar-refractivity contribution >= 4 is 17.6 Å². The Morgan fingerprint density at radius 2 is 2.08 bits per heavy atom. The first-order valence-corrected chi connectivity index (χ1v) is 9.45. The summed E-state index contributed by atoms with van der Waals surface area (Å²) in [4.78, 5) is 25.7. The molecular formula is C19H28N4O3. The Hall–Kier alpha value is -2.28. The SMILES string of the molecule is CC[C@@H]1OCCNc2ccc(CNC(=O)NCC(=O)N3CCCC3)cc21. The van der Waals surface area contributed by atoms with Gasteiger partial charge in [0, 0.05) is 37.4 Å². The summed E-state index contributed by atoms with van der Waals surface area (Å²) >= 11 is 0. The zero-order valence-corrected chi connectivity index (χ0v) is 15.3. The van der Waals surface area contributed by atoms with E-state index in [1.54, 1.807) is 4.90 Å². The van der Waals surface area contributed by atoms with E-state index in [9.17, 15) is 9.59 Å². The van der Waals surface area contributed by atoms with Crippen LogP contribution in [0.2, 0.25) is 0 Å². The van der Waals surface area contributed by atoms with Gasteiger partial charge in [-0.25, -0.2) is 4.79 Å². The predicted octanol–water partition coefficient (Wildman–Crippen LogP) is 2.00. The van der Waals surface area contributed by atoms with E-state index in [0.29, 0.717) is 13.2 Å². The molecule has 2 heterocycles. The van der Waals surface area contributed by atoms with Crippen molar-refractivity contribution in [1.29, 1.82) is 0 Å². The van der Waals surface area contributed by atoms with Gasteiger partial charge in [-0.15, -0.1) is 0 Å². The molecule has 0 spiro atoms. The summed E-state index contributed by atoms with van der Waals surface area (Å²) in [6, 6.07) is 5.80. The number of nitrogens with zero attached hydrogens (tertiary/aromatic N) is 1. The van der Waals surface area contributed by atoms with Crippen LogP contribution in [0.5, 0.6) is 0 Å². The van der Waals surface area contributed by atoms with Gasteiger partial charge in [0.05, 0.1) is 19.3 Å². The van der Waals surface area contributed by atoms with E-state index < -0.39 is 0 Å². The highest BCUT2D eigenvalue weighted by atomic mass is 16.5. The highest BCUT2D eigenvalue weighted by Crippen LogP contribution is 2.31. The first kappa shape index (κ1) is 18.5. The number of nitrogens with one attached hydrogen (secondary N) is 3. The summed E-state index contributed by atoms with van der Waals surface area (Å²) in [5, 5.41) is 8.84. The van der Waals surface area contributed by atoms with Gasteiger partial charge in [-0.3, -0.25) is 4.79 Å². The summed E-state index contributed by atoms with van der Waals surface area (Å²) in [6.45, 7) is 5.65. The topological polar surface area (TPSA) is 82.7 Å². The molecule has 0 aromatic heterocycles. The van der Waals surface area contributed by atoms with Gasteiger partial charge in [0.2, 0.25) is 5.91 Å². The molecule has 3 amide bonds. The van der Waals surface area contributed by atoms with Gasteiger partial charge in [-0.2, -0.15) is 0 Å². The van der Waals surface area contributed by atoms with E-state index in [1.165, 1.54) is 0 Å². The number of benzene rings is 1. The Balaban J connectivity index is 1.50. The molecule has 0 unspecified atom stereocenters. The summed E-state index contributed by atoms with van der Waals surface area (Å²) < 4.78 is 5.87. The number of hydrogen-bond acceptors (Lipinski definition) is 4. The first-order valence-electron chi connectivity index (χ1n) is 9.45. The van der Waals surface area contributed by atoms with Crippen molar-refractivity contribution in [2.75, 3.05) is 38.1 Å². The average Bonchev–Trinajstić information content (AvgIpc) is 3.12. The number of carbonyl (C=O) groups excluding carboxylic acids is 2. The number of urea groups is 1. The Morgan fingerprint density at radius 1 is 1.27 bits per heavy atom. The van der Waals surface area contributed by atoms with Crippen molar-refractivity contribution in [3.8, 4) is 0 Å². The Bertz CT molecular complexity index is 644. The highest BCUT2D eigenvalue weighted by molar-refractivity contribution is 5.84. The second-order valence-corrected chi connectivity index (χ2v) is 6.74. The van der Waals surface area contributed by atoms with Crippen molar-refractivity contribution in [3.05, 3.63) is 29.3 Å². The van der Waals surface area contributed by atoms with Crippen LogP contribution in [-0.2, 0) is 16.1 Å². The molecule has 0 aliphatic carbocycles. The minimum atomic E-state index is -0.325. The molecule has 2 aliphatic heterocycles. The van der Waals surface area contributed by atoms with E-state index in [2.05, 4.69) is 28.9 Å². The lowest BCUT2D eigenvalue weighted by molar-refractivity contribution is -0.128. The largest absolute Gasteiger partial charge is 0.382 e. The maximum Gasteiger partial charge on any atom is 0.315 e. The second kappa shape index (κ2) is 8.89. The van der Waals surface area contributed by atoms with Gasteiger partial charge in [0.15, 0.2) is 0 Å². The lowest BCUT2D eigenvalue weighted by atomic mass is 10.0. The Labute approximate surface area is 154 Å². The van der Waals surface area contributed by atoms with Crippen molar-refractivity contribution in [2.24, 2.45) is 0 Å². The van der Waals surface area contributed by atoms with Crippen molar-refractivity contribution in [1.82, 2.24) is 15.5 Å². The molecule has 1 atom stereocenters. The van der Waals surface area contributed by atoms with Crippen LogP contribution in [0.3, 0.4) is 0 Å². The third kappa shape index (κ3) is 4.66. The molecule has 0 saturated carbocycles. The number of anilines is 1. The lowest BCUT2D eigenvalue weighted by Gasteiger charge is -2.17. The number of ether oxygens (including phenoxy) is 1. The van der Waals surface area contributed by atoms with E-state index in [0.717, 1.165) is 55.7 Å². The average molecular weight is 360 g/mol. The number of rotatable bonds is 5. The molecule has 26 heavy (non-hydrogen) atoms. The van der Waals surface area contributed by atoms with E-state index in [-0.39, 0.29) is 24.6 Å². The quantitative estimate of drug-likeness (QED) is 0.750. The molecule has 7 heteroatoms. The minimum absolute atomic E-state index is 0.0170. The predicted molar refractivity (Wildman–Crippen MR) is 100.0 cm³/mol. The van der Waals surface area contributed by atoms with Crippen LogP contribution in [0.4, 0.5) is 10.5 Å². The number of hydrogen-bond donors (Lipinski definition) is 3. The molecule has 3 N–H and O–H groups in total. The normalized spacial score (nSPS) is 19.3. The van der Waals surface area contributed by atoms with Gasteiger partial charge in [0.25, 0.3) is 0 Å². The Morgan fingerprint density at radius 3 is 2.85 bits per heavy atom. The molecule has 7 nitrogen and oxygen atoms in total. The standard InChI is InChI=1S/C19H28N4O3/c1-2-17-15-11-14(5-6-16(15)20-7-10-26-17)12-21-19(25)22-13-18(24)23-8-3-4-9-23/h5-6,11,17,20H,2-4,7-10,12-13H2,1H3,(H2,21,22,25)/t17-/m0/s1. The van der Waals surface area contributed by atoms with Crippen LogP contribution in [0.1, 0.15) is 43.4 Å². The number of carbonyl (C=O) groups is 2. The van der Waals surface area contributed by atoms with Crippen LogP contribution < -0.4 is 16.0 Å². The monoisotopic (exact) mass is 360 g/mol. The smallest absolute Gasteiger partial charge is 0.315 e. The number of fused-ring (bicyclic) bond motifs is 1. The Kier molecular flexibility index (Phi) is 6.33. The maximum absolute atomic E-state index is 12.0. The van der Waals surface area contributed by atoms with Gasteiger partial charge in [-0.05, 0) is 37.0 Å². The summed E-state index contributed by atoms with van der Waals surface area (Å²) in [6.07, 6.45) is 3.08. The van der Waals surface area contributed by atoms with Gasteiger partial charge >= 0.3 is 6.03 Å². The zero-order chi connectivity index (χ0) is 18.4. The highest BCUT2D eigenvalue weighted by Gasteiger charge is 2.19. The third-order valence-corrected chi connectivity index (χ3v) is 4.88. The number of amides is 3. The fourth-order valence-electron chi connectivity index (χ4n) is 3.44. The van der Waals surface area contributed by atoms with Crippen molar-refractivity contribution < 1.29 is 14.3 Å². The minimum Gasteiger partial charge on any atom is -0.382 e. The van der Waals surface area contributed by atoms with Crippen LogP contribution in [0.15, 0.2) is 18.2 Å². The second-order valence-electron chi connectivity index (χ2n) is 6.74. The fourth-order valence-corrected chi connectivity index (χ4v) is 3.44. The van der Waals surface area contributed by atoms with Crippen LogP contribution >= 0.6 is 0 Å². The molecule has 3 rings (SSSR count). The van der Waals surface area contributed by atoms with Crippen LogP contribution in [0.25, 0.3) is 0 Å². The van der Waals surface area contributed by atoms with Crippen molar-refractivity contribution in [3.63, 3.8) is 0 Å². The van der Waals surface area contributed by atoms with Gasteiger partial charge in [0.1, 0.15) is 0 Å². The van der Waals surface area contributed by atoms with Crippen LogP contribution in [-0.4, -0.2) is 49.6 Å². The van der Waals surface area contributed by atoms with Gasteiger partial charge in [-0.1, -0.05) is 13.0 Å². The van der Waals surface area contributed by atoms with E-state index in [1.807, 2.05) is 12.1 Å². The molecule has 1 aromatic carbocycles. The fraction of sp³-hybridized carbons (Fsp3) is 0.579. The van der Waals surface area contributed by atoms with Crippen molar-refractivity contribution in [2.45, 2.75) is 38.8 Å². The van der Waals surface area contributed by atoms with Gasteiger partial charge < -0.3 is 25.6 Å². The van der Waals surface area contributed by atoms with E-state index in [4.69, 9.17) is 4.74 Å². The molecule has 0 bridgehead atoms. The zero-order valence-electron chi connectivity index (χ0n) is 15.3.